The third-order valence-corrected chi connectivity index (χ3v) is 2.76. The summed E-state index contributed by atoms with van der Waals surface area (Å²) in [5.41, 5.74) is -1.25. The molecule has 1 unspecified atom stereocenters. The maximum Gasteiger partial charge on any atom is 0.417 e. The van der Waals surface area contributed by atoms with Gasteiger partial charge in [0.2, 0.25) is 0 Å². The molecule has 0 fully saturated rings. The van der Waals surface area contributed by atoms with Gasteiger partial charge in [-0.25, -0.2) is 0 Å². The van der Waals surface area contributed by atoms with Gasteiger partial charge in [0.25, 0.3) is 5.91 Å². The van der Waals surface area contributed by atoms with Crippen molar-refractivity contribution in [1.82, 2.24) is 5.32 Å². The van der Waals surface area contributed by atoms with E-state index in [4.69, 9.17) is 0 Å². The van der Waals surface area contributed by atoms with Gasteiger partial charge >= 0.3 is 6.18 Å². The van der Waals surface area contributed by atoms with Crippen molar-refractivity contribution in [2.45, 2.75) is 24.3 Å². The van der Waals surface area contributed by atoms with Crippen LogP contribution in [-0.2, 0) is 6.18 Å². The topological polar surface area (TPSA) is 29.1 Å². The third kappa shape index (κ3) is 4.33. The number of rotatable bonds is 4. The van der Waals surface area contributed by atoms with Crippen LogP contribution >= 0.6 is 15.9 Å². The average Bonchev–Trinajstić information content (AvgIpc) is 2.27. The summed E-state index contributed by atoms with van der Waals surface area (Å²) in [5, 5.41) is 2.47. The van der Waals surface area contributed by atoms with Gasteiger partial charge in [0, 0.05) is 11.4 Å². The maximum absolute atomic E-state index is 12.7. The summed E-state index contributed by atoms with van der Waals surface area (Å²) >= 11 is 3.30. The lowest BCUT2D eigenvalue weighted by molar-refractivity contribution is -0.137. The van der Waals surface area contributed by atoms with Crippen molar-refractivity contribution in [3.05, 3.63) is 35.4 Å². The summed E-state index contributed by atoms with van der Waals surface area (Å²) in [4.78, 5) is 11.9. The monoisotopic (exact) mass is 323 g/mol. The minimum atomic E-state index is -4.52. The summed E-state index contributed by atoms with van der Waals surface area (Å²) in [6.07, 6.45) is -3.86. The Balaban J connectivity index is 2.80. The molecule has 100 valence electrons. The molecule has 0 bridgehead atoms. The van der Waals surface area contributed by atoms with Crippen LogP contribution < -0.4 is 5.32 Å². The number of carbonyl (C=O) groups is 1. The SMILES string of the molecule is CC(Br)CCNC(=O)c1ccccc1C(F)(F)F. The molecule has 1 aromatic carbocycles. The van der Waals surface area contributed by atoms with E-state index in [9.17, 15) is 18.0 Å². The van der Waals surface area contributed by atoms with Crippen molar-refractivity contribution >= 4 is 21.8 Å². The van der Waals surface area contributed by atoms with Gasteiger partial charge in [-0.3, -0.25) is 4.79 Å². The molecule has 1 rings (SSSR count). The van der Waals surface area contributed by atoms with E-state index in [0.717, 1.165) is 6.07 Å². The molecule has 1 aromatic rings. The van der Waals surface area contributed by atoms with Crippen LogP contribution in [0.1, 0.15) is 29.3 Å². The summed E-state index contributed by atoms with van der Waals surface area (Å²) in [7, 11) is 0. The number of hydrogen-bond donors (Lipinski definition) is 1. The molecular weight excluding hydrogens is 311 g/mol. The van der Waals surface area contributed by atoms with Gasteiger partial charge in [-0.2, -0.15) is 13.2 Å². The van der Waals surface area contributed by atoms with Gasteiger partial charge in [-0.05, 0) is 18.6 Å². The van der Waals surface area contributed by atoms with E-state index in [1.165, 1.54) is 18.2 Å². The second kappa shape index (κ2) is 6.22. The van der Waals surface area contributed by atoms with Crippen LogP contribution in [0.3, 0.4) is 0 Å². The smallest absolute Gasteiger partial charge is 0.352 e. The minimum Gasteiger partial charge on any atom is -0.352 e. The third-order valence-electron chi connectivity index (χ3n) is 2.30. The van der Waals surface area contributed by atoms with E-state index < -0.39 is 17.6 Å². The Kier molecular flexibility index (Phi) is 5.19. The molecule has 6 heteroatoms. The largest absolute Gasteiger partial charge is 0.417 e. The maximum atomic E-state index is 12.7. The number of halogens is 4. The first-order valence-electron chi connectivity index (χ1n) is 5.41. The highest BCUT2D eigenvalue weighted by Gasteiger charge is 2.34. The molecule has 1 amide bonds. The first-order chi connectivity index (χ1) is 8.32. The fraction of sp³-hybridized carbons (Fsp3) is 0.417. The van der Waals surface area contributed by atoms with E-state index in [-0.39, 0.29) is 10.4 Å². The van der Waals surface area contributed by atoms with E-state index in [0.29, 0.717) is 13.0 Å². The fourth-order valence-corrected chi connectivity index (χ4v) is 1.64. The number of benzene rings is 1. The van der Waals surface area contributed by atoms with E-state index in [2.05, 4.69) is 21.2 Å². The Labute approximate surface area is 112 Å². The zero-order valence-electron chi connectivity index (χ0n) is 9.72. The lowest BCUT2D eigenvalue weighted by atomic mass is 10.1. The van der Waals surface area contributed by atoms with E-state index >= 15 is 0 Å². The van der Waals surface area contributed by atoms with Gasteiger partial charge < -0.3 is 5.32 Å². The Morgan fingerprint density at radius 1 is 1.39 bits per heavy atom. The molecule has 0 aliphatic rings. The average molecular weight is 324 g/mol. The molecule has 0 saturated heterocycles. The van der Waals surface area contributed by atoms with Crippen molar-refractivity contribution < 1.29 is 18.0 Å². The molecule has 0 aliphatic heterocycles. The first-order valence-corrected chi connectivity index (χ1v) is 6.32. The zero-order valence-corrected chi connectivity index (χ0v) is 11.3. The Morgan fingerprint density at radius 2 is 2.00 bits per heavy atom. The number of amides is 1. The number of carbonyl (C=O) groups excluding carboxylic acids is 1. The molecule has 0 aliphatic carbocycles. The molecular formula is C12H13BrF3NO. The highest BCUT2D eigenvalue weighted by Crippen LogP contribution is 2.31. The molecule has 0 aromatic heterocycles. The summed E-state index contributed by atoms with van der Waals surface area (Å²) in [6.45, 7) is 2.23. The van der Waals surface area contributed by atoms with Crippen LogP contribution in [-0.4, -0.2) is 17.3 Å². The zero-order chi connectivity index (χ0) is 13.8. The lowest BCUT2D eigenvalue weighted by Gasteiger charge is -2.12. The van der Waals surface area contributed by atoms with Gasteiger partial charge in [0.15, 0.2) is 0 Å². The number of alkyl halides is 4. The van der Waals surface area contributed by atoms with E-state index in [1.54, 1.807) is 0 Å². The van der Waals surface area contributed by atoms with Gasteiger partial charge in [0.05, 0.1) is 11.1 Å². The summed E-state index contributed by atoms with van der Waals surface area (Å²) < 4.78 is 38.0. The second-order valence-corrected chi connectivity index (χ2v) is 5.43. The minimum absolute atomic E-state index is 0.204. The predicted octanol–water partition coefficient (Wildman–Crippen LogP) is 3.61. The van der Waals surface area contributed by atoms with Crippen LogP contribution in [0, 0.1) is 0 Å². The van der Waals surface area contributed by atoms with Crippen LogP contribution in [0.25, 0.3) is 0 Å². The van der Waals surface area contributed by atoms with Gasteiger partial charge in [-0.1, -0.05) is 35.0 Å². The standard InChI is InChI=1S/C12H13BrF3NO/c1-8(13)6-7-17-11(18)9-4-2-3-5-10(9)12(14,15)16/h2-5,8H,6-7H2,1H3,(H,17,18). The summed E-state index contributed by atoms with van der Waals surface area (Å²) in [5.74, 6) is -0.698. The Morgan fingerprint density at radius 3 is 2.56 bits per heavy atom. The van der Waals surface area contributed by atoms with E-state index in [1.807, 2.05) is 6.92 Å². The van der Waals surface area contributed by atoms with Gasteiger partial charge in [-0.15, -0.1) is 0 Å². The van der Waals surface area contributed by atoms with Crippen LogP contribution in [0.5, 0.6) is 0 Å². The highest BCUT2D eigenvalue weighted by molar-refractivity contribution is 9.09. The van der Waals surface area contributed by atoms with Crippen LogP contribution in [0.4, 0.5) is 13.2 Å². The Hall–Kier alpha value is -1.04. The molecule has 2 nitrogen and oxygen atoms in total. The molecule has 0 heterocycles. The normalized spacial score (nSPS) is 13.2. The van der Waals surface area contributed by atoms with Crippen molar-refractivity contribution in [2.24, 2.45) is 0 Å². The molecule has 1 N–H and O–H groups in total. The van der Waals surface area contributed by atoms with Crippen molar-refractivity contribution in [3.63, 3.8) is 0 Å². The molecule has 0 saturated carbocycles. The molecule has 0 radical (unpaired) electrons. The van der Waals surface area contributed by atoms with Crippen LogP contribution in [0.2, 0.25) is 0 Å². The van der Waals surface area contributed by atoms with Crippen molar-refractivity contribution in [3.8, 4) is 0 Å². The van der Waals surface area contributed by atoms with Crippen molar-refractivity contribution in [1.29, 1.82) is 0 Å². The number of hydrogen-bond acceptors (Lipinski definition) is 1. The Bertz CT molecular complexity index is 418. The number of nitrogens with one attached hydrogen (secondary N) is 1. The van der Waals surface area contributed by atoms with Crippen molar-refractivity contribution in [2.75, 3.05) is 6.54 Å². The first kappa shape index (κ1) is 15.0. The second-order valence-electron chi connectivity index (χ2n) is 3.87. The molecule has 18 heavy (non-hydrogen) atoms. The lowest BCUT2D eigenvalue weighted by Crippen LogP contribution is -2.28. The van der Waals surface area contributed by atoms with Gasteiger partial charge in [0.1, 0.15) is 0 Å². The van der Waals surface area contributed by atoms with Crippen LogP contribution in [0.15, 0.2) is 24.3 Å². The quantitative estimate of drug-likeness (QED) is 0.843. The summed E-state index contributed by atoms with van der Waals surface area (Å²) in [6, 6.07) is 4.76. The molecule has 1 atom stereocenters. The fourth-order valence-electron chi connectivity index (χ4n) is 1.41. The predicted molar refractivity (Wildman–Crippen MR) is 66.8 cm³/mol. The molecule has 0 spiro atoms. The highest BCUT2D eigenvalue weighted by atomic mass is 79.9.